The number of hydrogen-bond donors (Lipinski definition) is 2. The SMILES string of the molecule is NC(CO)c1cc2ccccc2o1. The van der Waals surface area contributed by atoms with E-state index in [0.29, 0.717) is 5.76 Å². The summed E-state index contributed by atoms with van der Waals surface area (Å²) in [5.41, 5.74) is 6.42. The van der Waals surface area contributed by atoms with Gasteiger partial charge in [0, 0.05) is 5.39 Å². The zero-order chi connectivity index (χ0) is 9.26. The molecule has 1 atom stereocenters. The van der Waals surface area contributed by atoms with Gasteiger partial charge >= 0.3 is 0 Å². The lowest BCUT2D eigenvalue weighted by molar-refractivity contribution is 0.254. The van der Waals surface area contributed by atoms with Gasteiger partial charge in [0.1, 0.15) is 11.3 Å². The van der Waals surface area contributed by atoms with Gasteiger partial charge in [-0.2, -0.15) is 0 Å². The molecule has 0 aliphatic heterocycles. The minimum absolute atomic E-state index is 0.0974. The van der Waals surface area contributed by atoms with Crippen LogP contribution in [0, 0.1) is 0 Å². The van der Waals surface area contributed by atoms with Crippen LogP contribution < -0.4 is 5.73 Å². The van der Waals surface area contributed by atoms with Crippen LogP contribution in [0.25, 0.3) is 11.0 Å². The fraction of sp³-hybridized carbons (Fsp3) is 0.200. The Morgan fingerprint density at radius 1 is 1.38 bits per heavy atom. The van der Waals surface area contributed by atoms with Crippen LogP contribution in [0.3, 0.4) is 0 Å². The molecule has 3 nitrogen and oxygen atoms in total. The molecular formula is C10H11NO2. The number of aliphatic hydroxyl groups is 1. The van der Waals surface area contributed by atoms with Gasteiger partial charge in [-0.15, -0.1) is 0 Å². The Morgan fingerprint density at radius 3 is 2.85 bits per heavy atom. The zero-order valence-corrected chi connectivity index (χ0v) is 7.10. The Labute approximate surface area is 75.8 Å². The molecule has 1 aromatic carbocycles. The maximum atomic E-state index is 8.83. The maximum absolute atomic E-state index is 8.83. The van der Waals surface area contributed by atoms with E-state index in [1.165, 1.54) is 0 Å². The van der Waals surface area contributed by atoms with Crippen molar-refractivity contribution in [3.8, 4) is 0 Å². The number of rotatable bonds is 2. The lowest BCUT2D eigenvalue weighted by atomic mass is 10.2. The fourth-order valence-corrected chi connectivity index (χ4v) is 1.28. The van der Waals surface area contributed by atoms with Crippen LogP contribution >= 0.6 is 0 Å². The van der Waals surface area contributed by atoms with Crippen LogP contribution in [-0.4, -0.2) is 11.7 Å². The summed E-state index contributed by atoms with van der Waals surface area (Å²) in [6.07, 6.45) is 0. The molecule has 0 saturated heterocycles. The molecule has 3 heteroatoms. The smallest absolute Gasteiger partial charge is 0.134 e. The second-order valence-corrected chi connectivity index (χ2v) is 2.98. The van der Waals surface area contributed by atoms with Crippen molar-refractivity contribution in [2.45, 2.75) is 6.04 Å². The number of aliphatic hydroxyl groups excluding tert-OH is 1. The zero-order valence-electron chi connectivity index (χ0n) is 7.10. The van der Waals surface area contributed by atoms with Gasteiger partial charge < -0.3 is 15.3 Å². The molecule has 0 aliphatic rings. The van der Waals surface area contributed by atoms with E-state index in [-0.39, 0.29) is 6.61 Å². The molecule has 0 fully saturated rings. The first kappa shape index (κ1) is 8.29. The van der Waals surface area contributed by atoms with E-state index in [2.05, 4.69) is 0 Å². The first-order valence-electron chi connectivity index (χ1n) is 4.16. The lowest BCUT2D eigenvalue weighted by Gasteiger charge is -2.01. The summed E-state index contributed by atoms with van der Waals surface area (Å²) in [7, 11) is 0. The predicted molar refractivity (Wildman–Crippen MR) is 50.2 cm³/mol. The largest absolute Gasteiger partial charge is 0.459 e. The molecule has 68 valence electrons. The average Bonchev–Trinajstić information content (AvgIpc) is 2.59. The number of nitrogens with two attached hydrogens (primary N) is 1. The van der Waals surface area contributed by atoms with Crippen LogP contribution in [0.5, 0.6) is 0 Å². The Kier molecular flexibility index (Phi) is 2.04. The van der Waals surface area contributed by atoms with E-state index in [0.717, 1.165) is 11.0 Å². The van der Waals surface area contributed by atoms with Gasteiger partial charge in [-0.25, -0.2) is 0 Å². The third-order valence-corrected chi connectivity index (χ3v) is 2.01. The fourth-order valence-electron chi connectivity index (χ4n) is 1.28. The standard InChI is InChI=1S/C10H11NO2/c11-8(6-12)10-5-7-3-1-2-4-9(7)13-10/h1-5,8,12H,6,11H2. The Morgan fingerprint density at radius 2 is 2.15 bits per heavy atom. The number of fused-ring (bicyclic) bond motifs is 1. The Hall–Kier alpha value is -1.32. The molecular weight excluding hydrogens is 166 g/mol. The van der Waals surface area contributed by atoms with Crippen molar-refractivity contribution in [3.63, 3.8) is 0 Å². The van der Waals surface area contributed by atoms with Gasteiger partial charge in [-0.05, 0) is 12.1 Å². The quantitative estimate of drug-likeness (QED) is 0.729. The van der Waals surface area contributed by atoms with Crippen molar-refractivity contribution < 1.29 is 9.52 Å². The van der Waals surface area contributed by atoms with Gasteiger partial charge in [0.2, 0.25) is 0 Å². The van der Waals surface area contributed by atoms with E-state index in [1.54, 1.807) is 0 Å². The third kappa shape index (κ3) is 1.43. The van der Waals surface area contributed by atoms with E-state index >= 15 is 0 Å². The number of hydrogen-bond acceptors (Lipinski definition) is 3. The molecule has 0 aliphatic carbocycles. The van der Waals surface area contributed by atoms with Gasteiger partial charge in [0.05, 0.1) is 12.6 Å². The second-order valence-electron chi connectivity index (χ2n) is 2.98. The van der Waals surface area contributed by atoms with Crippen LogP contribution in [0.2, 0.25) is 0 Å². The van der Waals surface area contributed by atoms with Crippen molar-refractivity contribution in [2.75, 3.05) is 6.61 Å². The molecule has 3 N–H and O–H groups in total. The third-order valence-electron chi connectivity index (χ3n) is 2.01. The summed E-state index contributed by atoms with van der Waals surface area (Å²) in [6, 6.07) is 9.10. The molecule has 13 heavy (non-hydrogen) atoms. The van der Waals surface area contributed by atoms with Gasteiger partial charge in [0.15, 0.2) is 0 Å². The van der Waals surface area contributed by atoms with E-state index < -0.39 is 6.04 Å². The second kappa shape index (κ2) is 3.20. The van der Waals surface area contributed by atoms with E-state index in [1.807, 2.05) is 30.3 Å². The first-order valence-corrected chi connectivity index (χ1v) is 4.16. The van der Waals surface area contributed by atoms with E-state index in [9.17, 15) is 0 Å². The average molecular weight is 177 g/mol. The van der Waals surface area contributed by atoms with Crippen molar-refractivity contribution >= 4 is 11.0 Å². The molecule has 2 rings (SSSR count). The summed E-state index contributed by atoms with van der Waals surface area (Å²) in [6.45, 7) is -0.0974. The highest BCUT2D eigenvalue weighted by molar-refractivity contribution is 5.77. The summed E-state index contributed by atoms with van der Waals surface area (Å²) < 4.78 is 5.44. The summed E-state index contributed by atoms with van der Waals surface area (Å²) in [4.78, 5) is 0. The highest BCUT2D eigenvalue weighted by Crippen LogP contribution is 2.22. The summed E-state index contributed by atoms with van der Waals surface area (Å²) in [5, 5.41) is 9.84. The highest BCUT2D eigenvalue weighted by atomic mass is 16.3. The lowest BCUT2D eigenvalue weighted by Crippen LogP contribution is -2.13. The molecule has 1 heterocycles. The van der Waals surface area contributed by atoms with Crippen molar-refractivity contribution in [1.29, 1.82) is 0 Å². The highest BCUT2D eigenvalue weighted by Gasteiger charge is 2.09. The molecule has 0 bridgehead atoms. The Balaban J connectivity index is 2.49. The van der Waals surface area contributed by atoms with Crippen molar-refractivity contribution in [2.24, 2.45) is 5.73 Å². The number of para-hydroxylation sites is 1. The van der Waals surface area contributed by atoms with Gasteiger partial charge in [-0.3, -0.25) is 0 Å². The number of benzene rings is 1. The normalized spacial score (nSPS) is 13.4. The van der Waals surface area contributed by atoms with Crippen LogP contribution in [0.15, 0.2) is 34.7 Å². The minimum Gasteiger partial charge on any atom is -0.459 e. The first-order chi connectivity index (χ1) is 6.31. The molecule has 0 radical (unpaired) electrons. The minimum atomic E-state index is -0.424. The monoisotopic (exact) mass is 177 g/mol. The van der Waals surface area contributed by atoms with Crippen LogP contribution in [0.1, 0.15) is 11.8 Å². The molecule has 1 unspecified atom stereocenters. The van der Waals surface area contributed by atoms with Crippen molar-refractivity contribution in [1.82, 2.24) is 0 Å². The summed E-state index contributed by atoms with van der Waals surface area (Å²) in [5.74, 6) is 0.628. The molecule has 0 amide bonds. The predicted octanol–water partition coefficient (Wildman–Crippen LogP) is 1.42. The molecule has 0 saturated carbocycles. The Bertz CT molecular complexity index is 375. The molecule has 0 spiro atoms. The topological polar surface area (TPSA) is 59.4 Å². The van der Waals surface area contributed by atoms with Gasteiger partial charge in [-0.1, -0.05) is 18.2 Å². The summed E-state index contributed by atoms with van der Waals surface area (Å²) >= 11 is 0. The molecule has 2 aromatic rings. The van der Waals surface area contributed by atoms with Crippen LogP contribution in [0.4, 0.5) is 0 Å². The van der Waals surface area contributed by atoms with Gasteiger partial charge in [0.25, 0.3) is 0 Å². The number of furan rings is 1. The van der Waals surface area contributed by atoms with Crippen molar-refractivity contribution in [3.05, 3.63) is 36.1 Å². The molecule has 1 aromatic heterocycles. The van der Waals surface area contributed by atoms with E-state index in [4.69, 9.17) is 15.3 Å². The maximum Gasteiger partial charge on any atom is 0.134 e. The van der Waals surface area contributed by atoms with Crippen LogP contribution in [-0.2, 0) is 0 Å².